The molecule has 0 atom stereocenters. The molecule has 0 saturated heterocycles. The molecule has 0 aliphatic rings. The first-order chi connectivity index (χ1) is 15.3. The second-order valence-corrected chi connectivity index (χ2v) is 7.63. The molecule has 16 N–H and O–H groups in total. The van der Waals surface area contributed by atoms with Crippen LogP contribution in [0.1, 0.15) is 77.0 Å². The molecule has 0 aromatic heterocycles. The molecule has 12 heteroatoms. The Labute approximate surface area is 193 Å². The van der Waals surface area contributed by atoms with Crippen LogP contribution in [0.25, 0.3) is 0 Å². The summed E-state index contributed by atoms with van der Waals surface area (Å²) in [5.41, 5.74) is 19.9. The van der Waals surface area contributed by atoms with E-state index in [1.807, 2.05) is 5.32 Å². The van der Waals surface area contributed by atoms with Gasteiger partial charge in [-0.2, -0.15) is 0 Å². The van der Waals surface area contributed by atoms with Crippen molar-refractivity contribution in [2.24, 2.45) is 22.9 Å². The molecule has 32 heavy (non-hydrogen) atoms. The minimum atomic E-state index is -0.312. The maximum atomic E-state index is 7.05. The third-order valence-electron chi connectivity index (χ3n) is 4.46. The molecule has 0 fully saturated rings. The lowest BCUT2D eigenvalue weighted by Crippen LogP contribution is -2.39. The van der Waals surface area contributed by atoms with Gasteiger partial charge in [0.1, 0.15) is 0 Å². The van der Waals surface area contributed by atoms with Gasteiger partial charge in [0, 0.05) is 13.1 Å². The van der Waals surface area contributed by atoms with E-state index < -0.39 is 0 Å². The standard InChI is InChI=1S/C18H41N7.C2H7N5/c19-17(20)24-15-11-7-3-1-5-9-13-23-14-10-6-2-4-8-12-16-25-18(21)22;3-1(4)7-2(5)6/h23H,1-16H2,(H4,19,20,24)(H4,21,22,25);(H7,3,4,5,6,7). The van der Waals surface area contributed by atoms with Crippen molar-refractivity contribution in [3.8, 4) is 0 Å². The van der Waals surface area contributed by atoms with Crippen LogP contribution in [-0.2, 0) is 0 Å². The largest absolute Gasteiger partial charge is 0.370 e. The van der Waals surface area contributed by atoms with Crippen LogP contribution in [0, 0.1) is 21.6 Å². The quantitative estimate of drug-likeness (QED) is 0.0787. The first-order valence-electron chi connectivity index (χ1n) is 11.6. The molecule has 0 aliphatic heterocycles. The molecule has 0 aromatic carbocycles. The van der Waals surface area contributed by atoms with Crippen LogP contribution in [-0.4, -0.2) is 50.0 Å². The summed E-state index contributed by atoms with van der Waals surface area (Å²) >= 11 is 0. The zero-order valence-electron chi connectivity index (χ0n) is 19.6. The summed E-state index contributed by atoms with van der Waals surface area (Å²) in [5, 5.41) is 38.3. The Balaban J connectivity index is 0. The van der Waals surface area contributed by atoms with Crippen LogP contribution >= 0.6 is 0 Å². The predicted molar refractivity (Wildman–Crippen MR) is 135 cm³/mol. The molecule has 12 nitrogen and oxygen atoms in total. The molecule has 0 aliphatic carbocycles. The second-order valence-electron chi connectivity index (χ2n) is 7.63. The number of nitrogens with one attached hydrogen (secondary N) is 8. The average Bonchev–Trinajstić information content (AvgIpc) is 2.68. The third kappa shape index (κ3) is 34.7. The van der Waals surface area contributed by atoms with Gasteiger partial charge in [-0.15, -0.1) is 0 Å². The van der Waals surface area contributed by atoms with Gasteiger partial charge in [-0.1, -0.05) is 51.4 Å². The maximum Gasteiger partial charge on any atom is 0.192 e. The SMILES string of the molecule is N=C(N)NC(=N)N.N=C(N)NCCCCCCCCNCCCCCCCCNC(=N)N. The molecule has 188 valence electrons. The molecule has 0 radical (unpaired) electrons. The topological polar surface area (TPSA) is 248 Å². The van der Waals surface area contributed by atoms with Crippen LogP contribution in [0.5, 0.6) is 0 Å². The first kappa shape index (κ1) is 31.4. The molecule has 0 aromatic rings. The van der Waals surface area contributed by atoms with Crippen LogP contribution in [0.4, 0.5) is 0 Å². The minimum absolute atomic E-state index is 0.0769. The fourth-order valence-corrected chi connectivity index (χ4v) is 2.88. The van der Waals surface area contributed by atoms with Crippen molar-refractivity contribution in [1.82, 2.24) is 21.3 Å². The summed E-state index contributed by atoms with van der Waals surface area (Å²) in [7, 11) is 0. The van der Waals surface area contributed by atoms with Crippen molar-refractivity contribution in [2.45, 2.75) is 77.0 Å². The zero-order valence-corrected chi connectivity index (χ0v) is 19.6. The van der Waals surface area contributed by atoms with Gasteiger partial charge in [-0.3, -0.25) is 27.0 Å². The molecule has 0 spiro atoms. The van der Waals surface area contributed by atoms with E-state index in [1.54, 1.807) is 0 Å². The van der Waals surface area contributed by atoms with E-state index in [9.17, 15) is 0 Å². The van der Waals surface area contributed by atoms with E-state index in [2.05, 4.69) is 16.0 Å². The summed E-state index contributed by atoms with van der Waals surface area (Å²) in [4.78, 5) is 0. The van der Waals surface area contributed by atoms with Crippen molar-refractivity contribution in [2.75, 3.05) is 26.2 Å². The number of rotatable bonds is 18. The average molecular weight is 457 g/mol. The normalized spacial score (nSPS) is 9.88. The van der Waals surface area contributed by atoms with E-state index in [0.717, 1.165) is 39.0 Å². The van der Waals surface area contributed by atoms with Crippen LogP contribution in [0.3, 0.4) is 0 Å². The minimum Gasteiger partial charge on any atom is -0.370 e. The van der Waals surface area contributed by atoms with Gasteiger partial charge in [-0.05, 0) is 38.8 Å². The monoisotopic (exact) mass is 456 g/mol. The Morgan fingerprint density at radius 2 is 0.688 bits per heavy atom. The number of hydrogen-bond donors (Lipinski definition) is 12. The van der Waals surface area contributed by atoms with Crippen molar-refractivity contribution < 1.29 is 0 Å². The highest BCUT2D eigenvalue weighted by Crippen LogP contribution is 2.05. The van der Waals surface area contributed by atoms with E-state index in [-0.39, 0.29) is 23.8 Å². The van der Waals surface area contributed by atoms with Crippen molar-refractivity contribution in [3.05, 3.63) is 0 Å². The van der Waals surface area contributed by atoms with Gasteiger partial charge in [0.25, 0.3) is 0 Å². The number of unbranched alkanes of at least 4 members (excludes halogenated alkanes) is 10. The first-order valence-corrected chi connectivity index (χ1v) is 11.6. The third-order valence-corrected chi connectivity index (χ3v) is 4.46. The fraction of sp³-hybridized carbons (Fsp3) is 0.800. The smallest absolute Gasteiger partial charge is 0.192 e. The molecule has 0 heterocycles. The molecule has 0 saturated carbocycles. The summed E-state index contributed by atoms with van der Waals surface area (Å²) in [6.07, 6.45) is 15.0. The Kier molecular flexibility index (Phi) is 24.1. The molecule has 0 unspecified atom stereocenters. The molecular weight excluding hydrogens is 408 g/mol. The maximum absolute atomic E-state index is 7.05. The van der Waals surface area contributed by atoms with E-state index in [4.69, 9.17) is 44.6 Å². The summed E-state index contributed by atoms with van der Waals surface area (Å²) in [6, 6.07) is 0. The Bertz CT molecular complexity index is 453. The summed E-state index contributed by atoms with van der Waals surface area (Å²) < 4.78 is 0. The van der Waals surface area contributed by atoms with Crippen molar-refractivity contribution in [3.63, 3.8) is 0 Å². The van der Waals surface area contributed by atoms with Crippen LogP contribution in [0.15, 0.2) is 0 Å². The highest BCUT2D eigenvalue weighted by atomic mass is 15.1. The van der Waals surface area contributed by atoms with Gasteiger partial charge in [0.05, 0.1) is 0 Å². The Morgan fingerprint density at radius 3 is 0.938 bits per heavy atom. The van der Waals surface area contributed by atoms with Gasteiger partial charge < -0.3 is 38.9 Å². The van der Waals surface area contributed by atoms with Crippen LogP contribution < -0.4 is 44.2 Å². The molecule has 0 rings (SSSR count). The number of nitrogens with two attached hydrogens (primary N) is 4. The van der Waals surface area contributed by atoms with Crippen molar-refractivity contribution in [1.29, 1.82) is 21.6 Å². The molecule has 0 amide bonds. The molecule has 0 bridgehead atoms. The van der Waals surface area contributed by atoms with Gasteiger partial charge in [0.15, 0.2) is 23.8 Å². The second kappa shape index (κ2) is 24.5. The lowest BCUT2D eigenvalue weighted by molar-refractivity contribution is 0.537. The van der Waals surface area contributed by atoms with E-state index >= 15 is 0 Å². The van der Waals surface area contributed by atoms with Gasteiger partial charge in [0.2, 0.25) is 0 Å². The van der Waals surface area contributed by atoms with Crippen molar-refractivity contribution >= 4 is 23.8 Å². The lowest BCUT2D eigenvalue weighted by Gasteiger charge is -2.06. The fourth-order valence-electron chi connectivity index (χ4n) is 2.88. The Morgan fingerprint density at radius 1 is 0.406 bits per heavy atom. The zero-order chi connectivity index (χ0) is 24.5. The highest BCUT2D eigenvalue weighted by molar-refractivity contribution is 5.93. The van der Waals surface area contributed by atoms with E-state index in [0.29, 0.717) is 0 Å². The predicted octanol–water partition coefficient (Wildman–Crippen LogP) is 0.586. The number of hydrogen-bond acceptors (Lipinski definition) is 5. The van der Waals surface area contributed by atoms with Gasteiger partial charge >= 0.3 is 0 Å². The highest BCUT2D eigenvalue weighted by Gasteiger charge is 1.94. The summed E-state index contributed by atoms with van der Waals surface area (Å²) in [5.74, 6) is -0.471. The van der Waals surface area contributed by atoms with Crippen LogP contribution in [0.2, 0.25) is 0 Å². The number of guanidine groups is 4. The Hall–Kier alpha value is -2.76. The molecular formula is C20H48N12. The van der Waals surface area contributed by atoms with E-state index in [1.165, 1.54) is 64.2 Å². The lowest BCUT2D eigenvalue weighted by atomic mass is 10.1. The van der Waals surface area contributed by atoms with Gasteiger partial charge in [-0.25, -0.2) is 0 Å². The summed E-state index contributed by atoms with van der Waals surface area (Å²) in [6.45, 7) is 3.93.